The van der Waals surface area contributed by atoms with Crippen molar-refractivity contribution in [2.75, 3.05) is 12.4 Å². The van der Waals surface area contributed by atoms with Gasteiger partial charge in [-0.15, -0.1) is 11.3 Å². The minimum atomic E-state index is -1.06. The van der Waals surface area contributed by atoms with Crippen LogP contribution in [0.3, 0.4) is 0 Å². The number of carboxylic acid groups (broad SMARTS) is 1. The fourth-order valence-corrected chi connectivity index (χ4v) is 3.05. The first-order valence-electron chi connectivity index (χ1n) is 7.34. The molecule has 1 amide bonds. The molecule has 6 nitrogen and oxygen atoms in total. The first-order valence-corrected chi connectivity index (χ1v) is 8.15. The van der Waals surface area contributed by atoms with Crippen molar-refractivity contribution >= 4 is 28.9 Å². The van der Waals surface area contributed by atoms with Gasteiger partial charge in [0.25, 0.3) is 5.91 Å². The second kappa shape index (κ2) is 6.60. The SMILES string of the molecule is COc1cc(C(=O)O)ccc1NC(=O)c1sc(C(C)(C)C)nc1C. The van der Waals surface area contributed by atoms with Crippen molar-refractivity contribution in [1.82, 2.24) is 4.98 Å². The predicted molar refractivity (Wildman–Crippen MR) is 93.5 cm³/mol. The number of rotatable bonds is 4. The number of aromatic nitrogens is 1. The third-order valence-electron chi connectivity index (χ3n) is 3.34. The molecule has 128 valence electrons. The molecular formula is C17H20N2O4S. The molecule has 0 saturated carbocycles. The second-order valence-corrected chi connectivity index (χ2v) is 7.36. The van der Waals surface area contributed by atoms with E-state index in [0.717, 1.165) is 5.01 Å². The molecule has 2 rings (SSSR count). The number of methoxy groups -OCH3 is 1. The van der Waals surface area contributed by atoms with Gasteiger partial charge in [-0.1, -0.05) is 20.8 Å². The van der Waals surface area contributed by atoms with E-state index in [9.17, 15) is 9.59 Å². The Morgan fingerprint density at radius 2 is 1.96 bits per heavy atom. The van der Waals surface area contributed by atoms with E-state index < -0.39 is 5.97 Å². The maximum absolute atomic E-state index is 12.5. The van der Waals surface area contributed by atoms with Gasteiger partial charge in [0.2, 0.25) is 0 Å². The third-order valence-corrected chi connectivity index (χ3v) is 4.92. The average molecular weight is 348 g/mol. The normalized spacial score (nSPS) is 11.2. The molecule has 0 aliphatic carbocycles. The van der Waals surface area contributed by atoms with Crippen LogP contribution in [0.4, 0.5) is 5.69 Å². The summed E-state index contributed by atoms with van der Waals surface area (Å²) in [6.45, 7) is 7.92. The van der Waals surface area contributed by atoms with Crippen LogP contribution in [0, 0.1) is 6.92 Å². The van der Waals surface area contributed by atoms with Gasteiger partial charge in [-0.2, -0.15) is 0 Å². The fourth-order valence-electron chi connectivity index (χ4n) is 2.03. The number of hydrogen-bond donors (Lipinski definition) is 2. The van der Waals surface area contributed by atoms with Gasteiger partial charge in [-0.05, 0) is 25.1 Å². The Morgan fingerprint density at radius 1 is 1.29 bits per heavy atom. The molecule has 0 aliphatic heterocycles. The average Bonchev–Trinajstić information content (AvgIpc) is 2.89. The van der Waals surface area contributed by atoms with Crippen LogP contribution in [0.2, 0.25) is 0 Å². The Morgan fingerprint density at radius 3 is 2.46 bits per heavy atom. The van der Waals surface area contributed by atoms with Crippen molar-refractivity contribution in [2.45, 2.75) is 33.1 Å². The molecule has 0 radical (unpaired) electrons. The van der Waals surface area contributed by atoms with Gasteiger partial charge < -0.3 is 15.2 Å². The summed E-state index contributed by atoms with van der Waals surface area (Å²) >= 11 is 1.36. The Bertz CT molecular complexity index is 790. The first kappa shape index (κ1) is 17.9. The zero-order chi connectivity index (χ0) is 18.1. The van der Waals surface area contributed by atoms with E-state index in [1.165, 1.54) is 36.6 Å². The molecule has 0 atom stereocenters. The lowest BCUT2D eigenvalue weighted by Gasteiger charge is -2.13. The Labute approximate surface area is 144 Å². The van der Waals surface area contributed by atoms with Gasteiger partial charge >= 0.3 is 5.97 Å². The standard InChI is InChI=1S/C17H20N2O4S/c1-9-13(24-16(18-9)17(2,3)4)14(20)19-11-7-6-10(15(21)22)8-12(11)23-5/h6-8H,1-5H3,(H,19,20)(H,21,22). The topological polar surface area (TPSA) is 88.5 Å². The first-order chi connectivity index (χ1) is 11.1. The maximum Gasteiger partial charge on any atom is 0.335 e. The number of anilines is 1. The number of benzene rings is 1. The number of hydrogen-bond acceptors (Lipinski definition) is 5. The summed E-state index contributed by atoms with van der Waals surface area (Å²) in [6, 6.07) is 4.31. The quantitative estimate of drug-likeness (QED) is 0.879. The number of ether oxygens (including phenoxy) is 1. The van der Waals surface area contributed by atoms with E-state index in [1.807, 2.05) is 20.8 Å². The molecule has 0 saturated heterocycles. The highest BCUT2D eigenvalue weighted by Gasteiger charge is 2.23. The summed E-state index contributed by atoms with van der Waals surface area (Å²) in [7, 11) is 1.42. The molecule has 0 aliphatic rings. The number of thiazole rings is 1. The van der Waals surface area contributed by atoms with Gasteiger partial charge in [-0.3, -0.25) is 4.79 Å². The lowest BCUT2D eigenvalue weighted by atomic mass is 9.98. The number of aromatic carboxylic acids is 1. The fraction of sp³-hybridized carbons (Fsp3) is 0.353. The third kappa shape index (κ3) is 3.73. The highest BCUT2D eigenvalue weighted by atomic mass is 32.1. The van der Waals surface area contributed by atoms with Gasteiger partial charge in [-0.25, -0.2) is 9.78 Å². The lowest BCUT2D eigenvalue weighted by molar-refractivity contribution is 0.0696. The Balaban J connectivity index is 2.30. The maximum atomic E-state index is 12.5. The molecule has 2 aromatic rings. The zero-order valence-corrected chi connectivity index (χ0v) is 15.1. The summed E-state index contributed by atoms with van der Waals surface area (Å²) in [5.74, 6) is -1.05. The number of nitrogens with one attached hydrogen (secondary N) is 1. The van der Waals surface area contributed by atoms with Crippen LogP contribution in [0.5, 0.6) is 5.75 Å². The summed E-state index contributed by atoms with van der Waals surface area (Å²) in [5, 5.41) is 12.7. The van der Waals surface area contributed by atoms with Crippen molar-refractivity contribution in [1.29, 1.82) is 0 Å². The number of nitrogens with zero attached hydrogens (tertiary/aromatic N) is 1. The molecule has 1 heterocycles. The molecule has 7 heteroatoms. The van der Waals surface area contributed by atoms with Crippen LogP contribution in [0.1, 0.15) is 51.5 Å². The summed E-state index contributed by atoms with van der Waals surface area (Å²) in [6.07, 6.45) is 0. The van der Waals surface area contributed by atoms with Gasteiger partial charge in [0.15, 0.2) is 0 Å². The van der Waals surface area contributed by atoms with E-state index in [4.69, 9.17) is 9.84 Å². The van der Waals surface area contributed by atoms with E-state index in [1.54, 1.807) is 6.92 Å². The summed E-state index contributed by atoms with van der Waals surface area (Å²) in [4.78, 5) is 28.6. The van der Waals surface area contributed by atoms with Crippen molar-refractivity contribution in [3.05, 3.63) is 39.3 Å². The van der Waals surface area contributed by atoms with Gasteiger partial charge in [0, 0.05) is 5.41 Å². The molecule has 1 aromatic carbocycles. The number of aryl methyl sites for hydroxylation is 1. The van der Waals surface area contributed by atoms with Crippen molar-refractivity contribution < 1.29 is 19.4 Å². The van der Waals surface area contributed by atoms with Gasteiger partial charge in [0.05, 0.1) is 29.1 Å². The molecular weight excluding hydrogens is 328 g/mol. The smallest absolute Gasteiger partial charge is 0.335 e. The number of carbonyl (C=O) groups excluding carboxylic acids is 1. The number of carboxylic acids is 1. The minimum Gasteiger partial charge on any atom is -0.495 e. The number of carbonyl (C=O) groups is 2. The molecule has 0 bridgehead atoms. The highest BCUT2D eigenvalue weighted by Crippen LogP contribution is 2.31. The largest absolute Gasteiger partial charge is 0.495 e. The van der Waals surface area contributed by atoms with E-state index >= 15 is 0 Å². The predicted octanol–water partition coefficient (Wildman–Crippen LogP) is 3.71. The zero-order valence-electron chi connectivity index (χ0n) is 14.3. The molecule has 1 aromatic heterocycles. The Kier molecular flexibility index (Phi) is 4.94. The van der Waals surface area contributed by atoms with Crippen LogP contribution in [0.15, 0.2) is 18.2 Å². The number of amides is 1. The summed E-state index contributed by atoms with van der Waals surface area (Å²) in [5.41, 5.74) is 1.05. The van der Waals surface area contributed by atoms with Gasteiger partial charge in [0.1, 0.15) is 10.6 Å². The molecule has 2 N–H and O–H groups in total. The van der Waals surface area contributed by atoms with E-state index in [2.05, 4.69) is 10.3 Å². The second-order valence-electron chi connectivity index (χ2n) is 6.36. The van der Waals surface area contributed by atoms with Crippen molar-refractivity contribution in [2.24, 2.45) is 0 Å². The highest BCUT2D eigenvalue weighted by molar-refractivity contribution is 7.14. The van der Waals surface area contributed by atoms with Crippen molar-refractivity contribution in [3.63, 3.8) is 0 Å². The van der Waals surface area contributed by atoms with Crippen LogP contribution < -0.4 is 10.1 Å². The Hall–Kier alpha value is -2.41. The van der Waals surface area contributed by atoms with Crippen LogP contribution in [-0.2, 0) is 5.41 Å². The molecule has 24 heavy (non-hydrogen) atoms. The monoisotopic (exact) mass is 348 g/mol. The van der Waals surface area contributed by atoms with E-state index in [0.29, 0.717) is 22.0 Å². The van der Waals surface area contributed by atoms with Crippen LogP contribution in [0.25, 0.3) is 0 Å². The lowest BCUT2D eigenvalue weighted by Crippen LogP contribution is -2.13. The van der Waals surface area contributed by atoms with Crippen LogP contribution in [-0.4, -0.2) is 29.1 Å². The van der Waals surface area contributed by atoms with E-state index in [-0.39, 0.29) is 16.9 Å². The summed E-state index contributed by atoms with van der Waals surface area (Å²) < 4.78 is 5.17. The van der Waals surface area contributed by atoms with Crippen LogP contribution >= 0.6 is 11.3 Å². The van der Waals surface area contributed by atoms with Crippen molar-refractivity contribution in [3.8, 4) is 5.75 Å². The molecule has 0 unspecified atom stereocenters. The molecule has 0 fully saturated rings. The molecule has 0 spiro atoms. The minimum absolute atomic E-state index is 0.0915.